The van der Waals surface area contributed by atoms with Crippen LogP contribution in [0.1, 0.15) is 41.1 Å². The minimum absolute atomic E-state index is 0.399. The molecule has 10 aromatic carbocycles. The van der Waals surface area contributed by atoms with Crippen LogP contribution >= 0.6 is 0 Å². The Morgan fingerprint density at radius 1 is 0.294 bits per heavy atom. The van der Waals surface area contributed by atoms with E-state index in [2.05, 4.69) is 0 Å². The zero-order valence-electron chi connectivity index (χ0n) is 55.4. The predicted molar refractivity (Wildman–Crippen MR) is 218 cm³/mol. The monoisotopic (exact) mass is 676 g/mol. The highest BCUT2D eigenvalue weighted by atomic mass is 16.3. The van der Waals surface area contributed by atoms with Crippen molar-refractivity contribution in [2.45, 2.75) is 0 Å². The smallest absolute Gasteiger partial charge is 0.143 e. The zero-order valence-corrected chi connectivity index (χ0v) is 25.4. The van der Waals surface area contributed by atoms with Gasteiger partial charge in [0.15, 0.2) is 0 Å². The Hall–Kier alpha value is -6.70. The molecule has 1 heteroatoms. The van der Waals surface area contributed by atoms with E-state index in [9.17, 15) is 16.4 Å². The molecule has 236 valence electrons. The van der Waals surface area contributed by atoms with Crippen molar-refractivity contribution in [3.05, 3.63) is 181 Å². The molecule has 0 saturated carbocycles. The summed E-state index contributed by atoms with van der Waals surface area (Å²) in [6.45, 7) is 0. The van der Waals surface area contributed by atoms with Crippen LogP contribution in [0.15, 0.2) is 186 Å². The van der Waals surface area contributed by atoms with Crippen LogP contribution in [0, 0.1) is 0 Å². The van der Waals surface area contributed by atoms with Gasteiger partial charge in [0.1, 0.15) is 11.2 Å². The van der Waals surface area contributed by atoms with Gasteiger partial charge in [-0.1, -0.05) is 157 Å². The molecule has 0 aliphatic carbocycles. The Morgan fingerprint density at radius 3 is 1.47 bits per heavy atom. The first-order valence-corrected chi connectivity index (χ1v) is 15.2. The van der Waals surface area contributed by atoms with Gasteiger partial charge in [0.05, 0.1) is 41.1 Å². The van der Waals surface area contributed by atoms with Crippen molar-refractivity contribution in [2.75, 3.05) is 0 Å². The van der Waals surface area contributed by atoms with Crippen LogP contribution in [0.5, 0.6) is 0 Å². The lowest BCUT2D eigenvalue weighted by Gasteiger charge is -2.18. The van der Waals surface area contributed by atoms with Gasteiger partial charge in [-0.2, -0.15) is 0 Å². The second-order valence-electron chi connectivity index (χ2n) is 11.3. The molecule has 0 N–H and O–H groups in total. The van der Waals surface area contributed by atoms with Crippen LogP contribution in [0.25, 0.3) is 109 Å². The van der Waals surface area contributed by atoms with Gasteiger partial charge in [0.2, 0.25) is 0 Å². The highest BCUT2D eigenvalue weighted by molar-refractivity contribution is 6.22. The first kappa shape index (κ1) is 11.7. The summed E-state index contributed by atoms with van der Waals surface area (Å²) in [5.41, 5.74) is -5.96. The molecular formula is C50H30O. The van der Waals surface area contributed by atoms with Crippen LogP contribution in [0.4, 0.5) is 0 Å². The van der Waals surface area contributed by atoms with Crippen LogP contribution in [-0.2, 0) is 0 Å². The third kappa shape index (κ3) is 4.28. The second-order valence-corrected chi connectivity index (χ2v) is 11.3. The number of fused-ring (bicyclic) bond motifs is 10. The summed E-state index contributed by atoms with van der Waals surface area (Å²) in [6, 6.07) is -27.6. The fourth-order valence-corrected chi connectivity index (χ4v) is 6.25. The second kappa shape index (κ2) is 10.9. The summed E-state index contributed by atoms with van der Waals surface area (Å²) in [4.78, 5) is 0. The van der Waals surface area contributed by atoms with Gasteiger partial charge in [-0.3, -0.25) is 0 Å². The Balaban J connectivity index is 1.32. The lowest BCUT2D eigenvalue weighted by atomic mass is 9.85. The van der Waals surface area contributed by atoms with Crippen LogP contribution in [0.3, 0.4) is 0 Å². The van der Waals surface area contributed by atoms with E-state index in [0.29, 0.717) is 0 Å². The molecule has 0 bridgehead atoms. The molecule has 0 fully saturated rings. The molecule has 0 saturated heterocycles. The standard InChI is InChI=1S/C50H30O/c1-3-11-38-32(9-1)19-22-36-29-37(24-26-39(36)38)49-43-15-7-5-13-41(43)48(42-14-6-8-16-44(42)49)34-20-17-31(18-21-34)35-25-28-47-46(30-35)45-27-23-33-10-2-4-12-40(33)50(45)51-47/h1-30H/i1D,2D,3D,4D,5D,6D,7D,8D,9D,10D,11D,12D,13D,14D,15D,16D,17D,18D,19D,20D,21D,22D,23D,24D,25D,26D,27D,28D,29D,30D. The maximum atomic E-state index is 9.72. The summed E-state index contributed by atoms with van der Waals surface area (Å²) < 4.78 is 278. The molecule has 51 heavy (non-hydrogen) atoms. The quantitative estimate of drug-likeness (QED) is 0.134. The molecule has 0 amide bonds. The molecule has 0 spiro atoms. The summed E-state index contributed by atoms with van der Waals surface area (Å²) in [6.07, 6.45) is 0. The maximum Gasteiger partial charge on any atom is 0.143 e. The van der Waals surface area contributed by atoms with Gasteiger partial charge < -0.3 is 4.42 Å². The third-order valence-corrected chi connectivity index (χ3v) is 8.50. The van der Waals surface area contributed by atoms with Crippen LogP contribution < -0.4 is 0 Å². The molecule has 11 aromatic rings. The molecule has 0 unspecified atom stereocenters. The first-order chi connectivity index (χ1) is 37.8. The molecule has 0 radical (unpaired) electrons. The molecule has 0 aliphatic rings. The van der Waals surface area contributed by atoms with E-state index < -0.39 is 290 Å². The average Bonchev–Trinajstić information content (AvgIpc) is 4.04. The van der Waals surface area contributed by atoms with Gasteiger partial charge >= 0.3 is 0 Å². The maximum absolute atomic E-state index is 9.72. The summed E-state index contributed by atoms with van der Waals surface area (Å²) >= 11 is 0. The van der Waals surface area contributed by atoms with Crippen molar-refractivity contribution < 1.29 is 45.5 Å². The van der Waals surface area contributed by atoms with Crippen LogP contribution in [-0.4, -0.2) is 0 Å². The number of rotatable bonds is 3. The Morgan fingerprint density at radius 2 is 0.765 bits per heavy atom. The van der Waals surface area contributed by atoms with E-state index in [4.69, 9.17) is 29.1 Å². The van der Waals surface area contributed by atoms with E-state index in [1.807, 2.05) is 0 Å². The van der Waals surface area contributed by atoms with E-state index >= 15 is 0 Å². The Labute approximate surface area is 336 Å². The van der Waals surface area contributed by atoms with Crippen molar-refractivity contribution in [1.29, 1.82) is 0 Å². The predicted octanol–water partition coefficient (Wildman–Crippen LogP) is 14.4. The van der Waals surface area contributed by atoms with E-state index in [-0.39, 0.29) is 0 Å². The van der Waals surface area contributed by atoms with E-state index in [1.165, 1.54) is 0 Å². The van der Waals surface area contributed by atoms with Crippen molar-refractivity contribution in [3.63, 3.8) is 0 Å². The average molecular weight is 677 g/mol. The van der Waals surface area contributed by atoms with E-state index in [1.54, 1.807) is 0 Å². The molecule has 11 rings (SSSR count). The normalized spacial score (nSPS) is 20.2. The fraction of sp³-hybridized carbons (Fsp3) is 0. The van der Waals surface area contributed by atoms with Crippen molar-refractivity contribution in [3.8, 4) is 33.4 Å². The topological polar surface area (TPSA) is 13.1 Å². The SMILES string of the molecule is [2H]c1c([2H])c(-c2c3c([2H])c([2H])c([2H])c([2H])c3c(-c3c([2H])c([2H])c4c(c3[2H])c([2H])c([2H])c3c([2H])c([2H])c([2H])c([2H])c34)c3c([2H])c([2H])c([2H])c([2H])c23)c([2H])c([2H])c1-c1c([2H])c([2H])c2oc3c4c([2H])c([2H])c([2H])c([2H])c4c([2H])c([2H])c3c2c1[2H]. The Kier molecular flexibility index (Phi) is 2.50. The summed E-state index contributed by atoms with van der Waals surface area (Å²) in [5.74, 6) is 0. The molecule has 0 aliphatic heterocycles. The number of furan rings is 1. The lowest BCUT2D eigenvalue weighted by molar-refractivity contribution is 0.672. The van der Waals surface area contributed by atoms with Crippen molar-refractivity contribution >= 4 is 75.8 Å². The minimum Gasteiger partial charge on any atom is -0.455 e. The van der Waals surface area contributed by atoms with Gasteiger partial charge in [-0.25, -0.2) is 0 Å². The van der Waals surface area contributed by atoms with Gasteiger partial charge in [-0.15, -0.1) is 0 Å². The first-order valence-electron chi connectivity index (χ1n) is 30.2. The molecule has 1 nitrogen and oxygen atoms in total. The summed E-state index contributed by atoms with van der Waals surface area (Å²) in [5, 5.41) is -7.15. The number of hydrogen-bond donors (Lipinski definition) is 0. The highest BCUT2D eigenvalue weighted by Crippen LogP contribution is 2.45. The fourth-order valence-electron chi connectivity index (χ4n) is 6.25. The molecule has 1 heterocycles. The zero-order chi connectivity index (χ0) is 59.6. The van der Waals surface area contributed by atoms with Crippen molar-refractivity contribution in [1.82, 2.24) is 0 Å². The number of benzene rings is 10. The van der Waals surface area contributed by atoms with Gasteiger partial charge in [-0.05, 0) is 106 Å². The van der Waals surface area contributed by atoms with Crippen LogP contribution in [0.2, 0.25) is 0 Å². The Bertz CT molecular complexity index is 4820. The largest absolute Gasteiger partial charge is 0.455 e. The highest BCUT2D eigenvalue weighted by Gasteiger charge is 2.18. The molecular weight excluding hydrogens is 617 g/mol. The molecule has 0 atom stereocenters. The third-order valence-electron chi connectivity index (χ3n) is 8.50. The van der Waals surface area contributed by atoms with Gasteiger partial charge in [0, 0.05) is 16.2 Å². The summed E-state index contributed by atoms with van der Waals surface area (Å²) in [7, 11) is 0. The lowest BCUT2D eigenvalue weighted by Crippen LogP contribution is -1.91. The number of hydrogen-bond acceptors (Lipinski definition) is 1. The molecule has 1 aromatic heterocycles. The minimum atomic E-state index is -1.12. The van der Waals surface area contributed by atoms with Crippen molar-refractivity contribution in [2.24, 2.45) is 0 Å². The van der Waals surface area contributed by atoms with E-state index in [0.717, 1.165) is 0 Å². The van der Waals surface area contributed by atoms with Gasteiger partial charge in [0.25, 0.3) is 0 Å².